The van der Waals surface area contributed by atoms with Crippen molar-refractivity contribution in [1.82, 2.24) is 10.2 Å². The van der Waals surface area contributed by atoms with Crippen LogP contribution in [0, 0.1) is 0 Å². The molecular weight excluding hydrogens is 196 g/mol. The molecule has 1 heterocycles. The molecule has 84 valence electrons. The van der Waals surface area contributed by atoms with Gasteiger partial charge in [-0.1, -0.05) is 13.3 Å². The van der Waals surface area contributed by atoms with Crippen molar-refractivity contribution < 1.29 is 14.4 Å². The maximum atomic E-state index is 11.3. The number of carbonyl (C=O) groups excluding carboxylic acids is 3. The number of imide groups is 1. The predicted octanol–water partition coefficient (Wildman–Crippen LogP) is 0.0517. The van der Waals surface area contributed by atoms with E-state index in [4.69, 9.17) is 0 Å². The largest absolute Gasteiger partial charge is 0.355 e. The van der Waals surface area contributed by atoms with E-state index in [2.05, 4.69) is 5.32 Å². The van der Waals surface area contributed by atoms with Gasteiger partial charge in [0.25, 0.3) is 0 Å². The molecule has 1 aliphatic heterocycles. The maximum absolute atomic E-state index is 11.3. The van der Waals surface area contributed by atoms with E-state index in [1.54, 1.807) is 0 Å². The highest BCUT2D eigenvalue weighted by molar-refractivity contribution is 6.04. The van der Waals surface area contributed by atoms with Crippen molar-refractivity contribution in [2.45, 2.75) is 32.6 Å². The van der Waals surface area contributed by atoms with Gasteiger partial charge in [0.05, 0.1) is 0 Å². The zero-order valence-corrected chi connectivity index (χ0v) is 8.91. The van der Waals surface area contributed by atoms with Crippen molar-refractivity contribution in [3.8, 4) is 0 Å². The normalized spacial score (nSPS) is 15.9. The molecule has 0 aromatic carbocycles. The van der Waals surface area contributed by atoms with Crippen LogP contribution in [-0.4, -0.2) is 35.7 Å². The van der Waals surface area contributed by atoms with Crippen LogP contribution in [0.25, 0.3) is 0 Å². The van der Waals surface area contributed by atoms with Gasteiger partial charge in [-0.25, -0.2) is 0 Å². The molecular formula is C10H16N2O3. The molecule has 0 atom stereocenters. The number of nitrogens with one attached hydrogen (secondary N) is 1. The Kier molecular flexibility index (Phi) is 4.27. The Bertz CT molecular complexity index is 260. The molecule has 1 fully saturated rings. The smallest absolute Gasteiger partial charge is 0.240 e. The predicted molar refractivity (Wildman–Crippen MR) is 53.9 cm³/mol. The molecule has 0 aliphatic carbocycles. The van der Waals surface area contributed by atoms with Gasteiger partial charge in [-0.05, 0) is 6.42 Å². The van der Waals surface area contributed by atoms with Crippen molar-refractivity contribution >= 4 is 17.7 Å². The zero-order valence-electron chi connectivity index (χ0n) is 8.91. The standard InChI is InChI=1S/C10H16N2O3/c1-2-3-6-11-8(13)7-12-9(14)4-5-10(12)15/h2-7H2,1H3,(H,11,13). The van der Waals surface area contributed by atoms with E-state index >= 15 is 0 Å². The number of amides is 3. The number of hydrogen-bond donors (Lipinski definition) is 1. The van der Waals surface area contributed by atoms with Gasteiger partial charge in [0.1, 0.15) is 6.54 Å². The average molecular weight is 212 g/mol. The third-order valence-corrected chi connectivity index (χ3v) is 2.31. The summed E-state index contributed by atoms with van der Waals surface area (Å²) >= 11 is 0. The summed E-state index contributed by atoms with van der Waals surface area (Å²) in [6, 6.07) is 0. The van der Waals surface area contributed by atoms with Crippen molar-refractivity contribution in [3.63, 3.8) is 0 Å². The van der Waals surface area contributed by atoms with Crippen molar-refractivity contribution in [1.29, 1.82) is 0 Å². The summed E-state index contributed by atoms with van der Waals surface area (Å²) in [7, 11) is 0. The fraction of sp³-hybridized carbons (Fsp3) is 0.700. The minimum Gasteiger partial charge on any atom is -0.355 e. The van der Waals surface area contributed by atoms with Crippen LogP contribution in [0.2, 0.25) is 0 Å². The van der Waals surface area contributed by atoms with Crippen molar-refractivity contribution in [2.24, 2.45) is 0 Å². The van der Waals surface area contributed by atoms with Gasteiger partial charge in [0, 0.05) is 19.4 Å². The van der Waals surface area contributed by atoms with Gasteiger partial charge < -0.3 is 5.32 Å². The van der Waals surface area contributed by atoms with Gasteiger partial charge in [-0.2, -0.15) is 0 Å². The Morgan fingerprint density at radius 2 is 1.93 bits per heavy atom. The highest BCUT2D eigenvalue weighted by Crippen LogP contribution is 2.10. The molecule has 0 aromatic heterocycles. The van der Waals surface area contributed by atoms with Gasteiger partial charge >= 0.3 is 0 Å². The minimum absolute atomic E-state index is 0.124. The van der Waals surface area contributed by atoms with Gasteiger partial charge in [-0.15, -0.1) is 0 Å². The van der Waals surface area contributed by atoms with E-state index in [0.717, 1.165) is 17.7 Å². The summed E-state index contributed by atoms with van der Waals surface area (Å²) in [5.74, 6) is -0.747. The molecule has 0 bridgehead atoms. The number of carbonyl (C=O) groups is 3. The van der Waals surface area contributed by atoms with Crippen LogP contribution in [0.3, 0.4) is 0 Å². The van der Waals surface area contributed by atoms with Crippen molar-refractivity contribution in [2.75, 3.05) is 13.1 Å². The van der Waals surface area contributed by atoms with Crippen LogP contribution in [-0.2, 0) is 14.4 Å². The third-order valence-electron chi connectivity index (χ3n) is 2.31. The molecule has 0 unspecified atom stereocenters. The molecule has 0 saturated carbocycles. The highest BCUT2D eigenvalue weighted by atomic mass is 16.2. The highest BCUT2D eigenvalue weighted by Gasteiger charge is 2.30. The maximum Gasteiger partial charge on any atom is 0.240 e. The molecule has 5 heteroatoms. The molecule has 1 N–H and O–H groups in total. The Labute approximate surface area is 88.8 Å². The molecule has 1 aliphatic rings. The number of rotatable bonds is 5. The lowest BCUT2D eigenvalue weighted by molar-refractivity contribution is -0.142. The number of hydrogen-bond acceptors (Lipinski definition) is 3. The molecule has 1 rings (SSSR count). The van der Waals surface area contributed by atoms with E-state index < -0.39 is 0 Å². The van der Waals surface area contributed by atoms with Crippen molar-refractivity contribution in [3.05, 3.63) is 0 Å². The first-order chi connectivity index (χ1) is 7.15. The summed E-state index contributed by atoms with van der Waals surface area (Å²) in [6.07, 6.45) is 2.39. The topological polar surface area (TPSA) is 66.5 Å². The Hall–Kier alpha value is -1.39. The first kappa shape index (κ1) is 11.7. The van der Waals surface area contributed by atoms with E-state index in [1.807, 2.05) is 6.92 Å². The lowest BCUT2D eigenvalue weighted by Crippen LogP contribution is -2.40. The molecule has 1 saturated heterocycles. The fourth-order valence-corrected chi connectivity index (χ4v) is 1.40. The first-order valence-electron chi connectivity index (χ1n) is 5.25. The summed E-state index contributed by atoms with van der Waals surface area (Å²) in [4.78, 5) is 34.7. The van der Waals surface area contributed by atoms with Crippen LogP contribution < -0.4 is 5.32 Å². The van der Waals surface area contributed by atoms with Gasteiger partial charge in [0.15, 0.2) is 0 Å². The Morgan fingerprint density at radius 1 is 1.33 bits per heavy atom. The van der Waals surface area contributed by atoms with Gasteiger partial charge in [0.2, 0.25) is 17.7 Å². The Balaban J connectivity index is 2.31. The number of nitrogens with zero attached hydrogens (tertiary/aromatic N) is 1. The first-order valence-corrected chi connectivity index (χ1v) is 5.25. The van der Waals surface area contributed by atoms with E-state index in [-0.39, 0.29) is 37.1 Å². The lowest BCUT2D eigenvalue weighted by Gasteiger charge is -2.13. The third kappa shape index (κ3) is 3.34. The Morgan fingerprint density at radius 3 is 2.47 bits per heavy atom. The summed E-state index contributed by atoms with van der Waals surface area (Å²) in [5.41, 5.74) is 0. The zero-order chi connectivity index (χ0) is 11.3. The van der Waals surface area contributed by atoms with Crippen LogP contribution in [0.1, 0.15) is 32.6 Å². The monoisotopic (exact) mass is 212 g/mol. The molecule has 0 radical (unpaired) electrons. The van der Waals surface area contributed by atoms with Crippen LogP contribution in [0.4, 0.5) is 0 Å². The van der Waals surface area contributed by atoms with Crippen LogP contribution >= 0.6 is 0 Å². The van der Waals surface area contributed by atoms with Crippen LogP contribution in [0.5, 0.6) is 0 Å². The fourth-order valence-electron chi connectivity index (χ4n) is 1.40. The average Bonchev–Trinajstić information content (AvgIpc) is 2.50. The molecule has 15 heavy (non-hydrogen) atoms. The van der Waals surface area contributed by atoms with Crippen LogP contribution in [0.15, 0.2) is 0 Å². The quantitative estimate of drug-likeness (QED) is 0.517. The molecule has 0 aromatic rings. The van der Waals surface area contributed by atoms with E-state index in [9.17, 15) is 14.4 Å². The number of unbranched alkanes of at least 4 members (excludes halogenated alkanes) is 1. The molecule has 3 amide bonds. The van der Waals surface area contributed by atoms with Gasteiger partial charge in [-0.3, -0.25) is 19.3 Å². The second-order valence-electron chi connectivity index (χ2n) is 3.58. The second-order valence-corrected chi connectivity index (χ2v) is 3.58. The number of likely N-dealkylation sites (tertiary alicyclic amines) is 1. The lowest BCUT2D eigenvalue weighted by atomic mass is 10.3. The molecule has 5 nitrogen and oxygen atoms in total. The summed E-state index contributed by atoms with van der Waals surface area (Å²) in [6.45, 7) is 2.51. The minimum atomic E-state index is -0.257. The second kappa shape index (κ2) is 5.48. The molecule has 0 spiro atoms. The van der Waals surface area contributed by atoms with E-state index in [1.165, 1.54) is 0 Å². The summed E-state index contributed by atoms with van der Waals surface area (Å²) < 4.78 is 0. The van der Waals surface area contributed by atoms with E-state index in [0.29, 0.717) is 6.54 Å². The SMILES string of the molecule is CCCCNC(=O)CN1C(=O)CCC1=O. The summed E-state index contributed by atoms with van der Waals surface area (Å²) in [5, 5.41) is 2.67.